The molecule has 150 valence electrons. The maximum atomic E-state index is 13.2. The number of carbonyl (C=O) groups is 1. The zero-order valence-electron chi connectivity index (χ0n) is 16.2. The van der Waals surface area contributed by atoms with Gasteiger partial charge in [0.05, 0.1) is 17.0 Å². The molecular weight excluding hydrogens is 392 g/mol. The van der Waals surface area contributed by atoms with Crippen molar-refractivity contribution in [3.05, 3.63) is 73.0 Å². The highest BCUT2D eigenvalue weighted by atomic mass is 35.5. The topological polar surface area (TPSA) is 96.9 Å². The maximum absolute atomic E-state index is 13.2. The lowest BCUT2D eigenvalue weighted by Gasteiger charge is -2.17. The monoisotopic (exact) mass is 412 g/mol. The summed E-state index contributed by atoms with van der Waals surface area (Å²) in [6, 6.07) is 8.59. The van der Waals surface area contributed by atoms with Crippen LogP contribution in [0.15, 0.2) is 39.9 Å². The van der Waals surface area contributed by atoms with Crippen molar-refractivity contribution < 1.29 is 4.79 Å². The van der Waals surface area contributed by atoms with Crippen molar-refractivity contribution in [2.45, 2.75) is 45.2 Å². The van der Waals surface area contributed by atoms with Crippen molar-refractivity contribution in [3.8, 4) is 0 Å². The van der Waals surface area contributed by atoms with E-state index in [1.807, 2.05) is 25.1 Å². The standard InChI is InChI=1S/C21H21ClN4O3/c1-3-26-18-17(20(28)25-21(26)29)14(10-16(24-18)12-8-9-12)19(27)23-11(2)13-6-4-5-7-15(13)22/h4-7,10-12H,3,8-9H2,1-2H3,(H,23,27)(H,25,28,29)/t11-/m1/s1. The molecule has 0 unspecified atom stereocenters. The minimum absolute atomic E-state index is 0.125. The van der Waals surface area contributed by atoms with E-state index in [1.165, 1.54) is 4.57 Å². The van der Waals surface area contributed by atoms with Crippen molar-refractivity contribution in [1.82, 2.24) is 19.9 Å². The minimum atomic E-state index is -0.611. The summed E-state index contributed by atoms with van der Waals surface area (Å²) in [7, 11) is 0. The Morgan fingerprint density at radius 1 is 1.34 bits per heavy atom. The van der Waals surface area contributed by atoms with Crippen molar-refractivity contribution in [2.75, 3.05) is 0 Å². The lowest BCUT2D eigenvalue weighted by molar-refractivity contribution is 0.0941. The van der Waals surface area contributed by atoms with E-state index in [2.05, 4.69) is 15.3 Å². The summed E-state index contributed by atoms with van der Waals surface area (Å²) in [6.07, 6.45) is 1.96. The number of aromatic amines is 1. The summed E-state index contributed by atoms with van der Waals surface area (Å²) in [5.74, 6) is -0.148. The summed E-state index contributed by atoms with van der Waals surface area (Å²) < 4.78 is 1.39. The molecule has 2 heterocycles. The number of H-pyrrole nitrogens is 1. The molecule has 1 aliphatic carbocycles. The molecule has 0 radical (unpaired) electrons. The van der Waals surface area contributed by atoms with E-state index in [4.69, 9.17) is 11.6 Å². The van der Waals surface area contributed by atoms with Gasteiger partial charge in [-0.1, -0.05) is 29.8 Å². The quantitative estimate of drug-likeness (QED) is 0.672. The Bertz CT molecular complexity index is 1230. The van der Waals surface area contributed by atoms with Crippen molar-refractivity contribution >= 4 is 28.5 Å². The van der Waals surface area contributed by atoms with Crippen LogP contribution in [0, 0.1) is 0 Å². The smallest absolute Gasteiger partial charge is 0.329 e. The van der Waals surface area contributed by atoms with Gasteiger partial charge in [0, 0.05) is 23.2 Å². The maximum Gasteiger partial charge on any atom is 0.329 e. The van der Waals surface area contributed by atoms with Gasteiger partial charge in [-0.3, -0.25) is 19.1 Å². The second-order valence-corrected chi connectivity index (χ2v) is 7.69. The van der Waals surface area contributed by atoms with Gasteiger partial charge < -0.3 is 5.32 Å². The van der Waals surface area contributed by atoms with Gasteiger partial charge in [0.25, 0.3) is 11.5 Å². The number of benzene rings is 1. The molecule has 0 spiro atoms. The normalized spacial score (nSPS) is 14.7. The number of aromatic nitrogens is 3. The fraction of sp³-hybridized carbons (Fsp3) is 0.333. The van der Waals surface area contributed by atoms with E-state index in [0.29, 0.717) is 11.6 Å². The zero-order valence-corrected chi connectivity index (χ0v) is 16.9. The van der Waals surface area contributed by atoms with E-state index in [1.54, 1.807) is 19.1 Å². The first-order valence-corrected chi connectivity index (χ1v) is 10.0. The highest BCUT2D eigenvalue weighted by molar-refractivity contribution is 6.31. The molecular formula is C21H21ClN4O3. The Kier molecular flexibility index (Phi) is 5.00. The molecule has 2 aromatic heterocycles. The number of fused-ring (bicyclic) bond motifs is 1. The van der Waals surface area contributed by atoms with Crippen LogP contribution < -0.4 is 16.6 Å². The fourth-order valence-electron chi connectivity index (χ4n) is 3.53. The van der Waals surface area contributed by atoms with Crippen molar-refractivity contribution in [1.29, 1.82) is 0 Å². The number of rotatable bonds is 5. The number of hydrogen-bond acceptors (Lipinski definition) is 4. The van der Waals surface area contributed by atoms with Crippen LogP contribution in [0.1, 0.15) is 60.3 Å². The van der Waals surface area contributed by atoms with Crippen LogP contribution in [-0.4, -0.2) is 20.4 Å². The molecule has 1 aliphatic rings. The molecule has 2 N–H and O–H groups in total. The van der Waals surface area contributed by atoms with Gasteiger partial charge >= 0.3 is 5.69 Å². The van der Waals surface area contributed by atoms with Gasteiger partial charge in [0.2, 0.25) is 0 Å². The molecule has 0 bridgehead atoms. The molecule has 8 heteroatoms. The summed E-state index contributed by atoms with van der Waals surface area (Å²) >= 11 is 6.25. The van der Waals surface area contributed by atoms with Gasteiger partial charge in [-0.15, -0.1) is 0 Å². The Labute approximate surface area is 171 Å². The molecule has 4 rings (SSSR count). The van der Waals surface area contributed by atoms with E-state index >= 15 is 0 Å². The minimum Gasteiger partial charge on any atom is -0.345 e. The van der Waals surface area contributed by atoms with Crippen LogP contribution in [0.25, 0.3) is 11.0 Å². The van der Waals surface area contributed by atoms with Gasteiger partial charge in [-0.25, -0.2) is 9.78 Å². The molecule has 3 aromatic rings. The Morgan fingerprint density at radius 3 is 2.72 bits per heavy atom. The predicted molar refractivity (Wildman–Crippen MR) is 112 cm³/mol. The van der Waals surface area contributed by atoms with Crippen LogP contribution in [0.5, 0.6) is 0 Å². The number of nitrogens with zero attached hydrogens (tertiary/aromatic N) is 2. The first-order chi connectivity index (χ1) is 13.9. The number of aryl methyl sites for hydroxylation is 1. The average molecular weight is 413 g/mol. The van der Waals surface area contributed by atoms with Crippen LogP contribution in [0.3, 0.4) is 0 Å². The summed E-state index contributed by atoms with van der Waals surface area (Å²) in [4.78, 5) is 44.8. The first kappa shape index (κ1) is 19.4. The van der Waals surface area contributed by atoms with Crippen LogP contribution in [0.4, 0.5) is 0 Å². The Morgan fingerprint density at radius 2 is 2.07 bits per heavy atom. The highest BCUT2D eigenvalue weighted by Crippen LogP contribution is 2.40. The van der Waals surface area contributed by atoms with Crippen LogP contribution in [0.2, 0.25) is 5.02 Å². The zero-order chi connectivity index (χ0) is 20.7. The van der Waals surface area contributed by atoms with Crippen molar-refractivity contribution in [3.63, 3.8) is 0 Å². The second kappa shape index (κ2) is 7.48. The lowest BCUT2D eigenvalue weighted by Crippen LogP contribution is -2.33. The van der Waals surface area contributed by atoms with E-state index in [-0.39, 0.29) is 28.6 Å². The molecule has 0 aliphatic heterocycles. The molecule has 1 saturated carbocycles. The van der Waals surface area contributed by atoms with Crippen LogP contribution >= 0.6 is 11.6 Å². The molecule has 7 nitrogen and oxygen atoms in total. The largest absolute Gasteiger partial charge is 0.345 e. The third kappa shape index (κ3) is 3.58. The second-order valence-electron chi connectivity index (χ2n) is 7.29. The summed E-state index contributed by atoms with van der Waals surface area (Å²) in [5.41, 5.74) is 0.852. The molecule has 1 atom stereocenters. The molecule has 29 heavy (non-hydrogen) atoms. The third-order valence-electron chi connectivity index (χ3n) is 5.24. The Hall–Kier alpha value is -2.93. The van der Waals surface area contributed by atoms with Gasteiger partial charge in [0.15, 0.2) is 5.65 Å². The number of nitrogens with one attached hydrogen (secondary N) is 2. The van der Waals surface area contributed by atoms with Crippen LogP contribution in [-0.2, 0) is 6.54 Å². The Balaban J connectivity index is 1.84. The molecule has 1 aromatic carbocycles. The van der Waals surface area contributed by atoms with Gasteiger partial charge in [-0.05, 0) is 44.4 Å². The summed E-state index contributed by atoms with van der Waals surface area (Å²) in [6.45, 7) is 3.96. The SMILES string of the molecule is CCn1c(=O)[nH]c(=O)c2c(C(=O)N[C@H](C)c3ccccc3Cl)cc(C3CC3)nc21. The number of hydrogen-bond donors (Lipinski definition) is 2. The first-order valence-electron chi connectivity index (χ1n) is 9.63. The highest BCUT2D eigenvalue weighted by Gasteiger charge is 2.29. The average Bonchev–Trinajstić information content (AvgIpc) is 3.52. The summed E-state index contributed by atoms with van der Waals surface area (Å²) in [5, 5.41) is 3.60. The number of carbonyl (C=O) groups excluding carboxylic acids is 1. The van der Waals surface area contributed by atoms with Crippen molar-refractivity contribution in [2.24, 2.45) is 0 Å². The number of pyridine rings is 1. The van der Waals surface area contributed by atoms with E-state index < -0.39 is 17.2 Å². The number of amides is 1. The molecule has 0 saturated heterocycles. The molecule has 1 amide bonds. The van der Waals surface area contributed by atoms with Gasteiger partial charge in [-0.2, -0.15) is 0 Å². The molecule has 1 fully saturated rings. The number of halogens is 1. The van der Waals surface area contributed by atoms with Gasteiger partial charge in [0.1, 0.15) is 0 Å². The van der Waals surface area contributed by atoms with E-state index in [0.717, 1.165) is 24.1 Å². The lowest BCUT2D eigenvalue weighted by atomic mass is 10.1. The third-order valence-corrected chi connectivity index (χ3v) is 5.59. The fourth-order valence-corrected chi connectivity index (χ4v) is 3.83. The van der Waals surface area contributed by atoms with E-state index in [9.17, 15) is 14.4 Å². The predicted octanol–water partition coefficient (Wildman–Crippen LogP) is 3.13.